The number of carbonyl (C=O) groups is 1. The maximum atomic E-state index is 11.1. The number of primary amides is 1. The average Bonchev–Trinajstić information content (AvgIpc) is 2.74. The zero-order chi connectivity index (χ0) is 14.5. The summed E-state index contributed by atoms with van der Waals surface area (Å²) in [5.41, 5.74) is 5.39. The monoisotopic (exact) mass is 275 g/mol. The molecule has 2 rings (SSSR count). The maximum absolute atomic E-state index is 11.1. The van der Waals surface area contributed by atoms with Crippen molar-refractivity contribution in [1.29, 1.82) is 5.41 Å². The van der Waals surface area contributed by atoms with Crippen molar-refractivity contribution in [3.63, 3.8) is 0 Å². The van der Waals surface area contributed by atoms with E-state index in [1.807, 2.05) is 6.07 Å². The predicted molar refractivity (Wildman–Crippen MR) is 80.5 cm³/mol. The molecule has 1 aliphatic heterocycles. The summed E-state index contributed by atoms with van der Waals surface area (Å²) in [6.07, 6.45) is 4.88. The van der Waals surface area contributed by atoms with Crippen LogP contribution >= 0.6 is 0 Å². The van der Waals surface area contributed by atoms with E-state index in [0.717, 1.165) is 18.9 Å². The number of rotatable bonds is 4. The first-order chi connectivity index (χ1) is 9.63. The molecule has 0 radical (unpaired) electrons. The van der Waals surface area contributed by atoms with Crippen LogP contribution in [0.4, 0.5) is 11.6 Å². The second-order valence-electron chi connectivity index (χ2n) is 4.96. The Morgan fingerprint density at radius 2 is 1.95 bits per heavy atom. The summed E-state index contributed by atoms with van der Waals surface area (Å²) in [5.74, 6) is 0.665. The molecule has 0 spiro atoms. The van der Waals surface area contributed by atoms with E-state index in [1.165, 1.54) is 25.7 Å². The Morgan fingerprint density at radius 1 is 1.30 bits per heavy atom. The molecule has 1 fully saturated rings. The molecule has 1 saturated heterocycles. The van der Waals surface area contributed by atoms with Gasteiger partial charge in [0.05, 0.1) is 0 Å². The molecule has 1 aromatic heterocycles. The van der Waals surface area contributed by atoms with Crippen LogP contribution in [0, 0.1) is 5.41 Å². The summed E-state index contributed by atoms with van der Waals surface area (Å²) in [5, 5.41) is 10.7. The number of hydrogen-bond acceptors (Lipinski definition) is 5. The highest BCUT2D eigenvalue weighted by Gasteiger charge is 2.17. The Hall–Kier alpha value is -2.11. The highest BCUT2D eigenvalue weighted by Crippen LogP contribution is 2.22. The van der Waals surface area contributed by atoms with Gasteiger partial charge in [0, 0.05) is 25.7 Å². The number of nitrogens with two attached hydrogens (primary N) is 1. The summed E-state index contributed by atoms with van der Waals surface area (Å²) in [7, 11) is 1.73. The molecule has 0 atom stereocenters. The molecule has 0 unspecified atom stereocenters. The van der Waals surface area contributed by atoms with Crippen molar-refractivity contribution in [3.05, 3.63) is 17.7 Å². The highest BCUT2D eigenvalue weighted by atomic mass is 16.1. The van der Waals surface area contributed by atoms with Gasteiger partial charge in [-0.05, 0) is 25.0 Å². The van der Waals surface area contributed by atoms with Crippen molar-refractivity contribution in [1.82, 2.24) is 4.98 Å². The Kier molecular flexibility index (Phi) is 4.55. The van der Waals surface area contributed by atoms with Gasteiger partial charge in [0.2, 0.25) is 0 Å². The highest BCUT2D eigenvalue weighted by molar-refractivity contribution is 6.44. The second-order valence-corrected chi connectivity index (χ2v) is 4.96. The Balaban J connectivity index is 2.28. The van der Waals surface area contributed by atoms with Crippen LogP contribution < -0.4 is 16.0 Å². The summed E-state index contributed by atoms with van der Waals surface area (Å²) in [4.78, 5) is 17.9. The third-order valence-corrected chi connectivity index (χ3v) is 3.56. The van der Waals surface area contributed by atoms with Gasteiger partial charge in [-0.1, -0.05) is 12.8 Å². The predicted octanol–water partition coefficient (Wildman–Crippen LogP) is 1.36. The molecule has 1 aromatic rings. The molecule has 2 heterocycles. The van der Waals surface area contributed by atoms with E-state index in [2.05, 4.69) is 15.2 Å². The van der Waals surface area contributed by atoms with Crippen LogP contribution in [-0.2, 0) is 4.79 Å². The van der Waals surface area contributed by atoms with Gasteiger partial charge in [-0.2, -0.15) is 0 Å². The molecule has 20 heavy (non-hydrogen) atoms. The Bertz CT molecular complexity index is 506. The first-order valence-corrected chi connectivity index (χ1v) is 6.96. The number of hydrogen-bond donors (Lipinski definition) is 3. The van der Waals surface area contributed by atoms with Crippen LogP contribution in [-0.4, -0.2) is 36.7 Å². The third-order valence-electron chi connectivity index (χ3n) is 3.56. The summed E-state index contributed by atoms with van der Waals surface area (Å²) in [6.45, 7) is 2.01. The fourth-order valence-corrected chi connectivity index (χ4v) is 2.45. The van der Waals surface area contributed by atoms with Crippen molar-refractivity contribution < 1.29 is 4.79 Å². The van der Waals surface area contributed by atoms with Gasteiger partial charge in [-0.3, -0.25) is 10.2 Å². The number of anilines is 2. The Labute approximate surface area is 118 Å². The molecule has 0 bridgehead atoms. The molecule has 108 valence electrons. The van der Waals surface area contributed by atoms with Crippen LogP contribution in [0.3, 0.4) is 0 Å². The minimum atomic E-state index is -0.745. The lowest BCUT2D eigenvalue weighted by atomic mass is 10.1. The van der Waals surface area contributed by atoms with Crippen LogP contribution in [0.5, 0.6) is 0 Å². The SMILES string of the molecule is CNc1nc(N2CCCCCC2)ccc1C(=N)C(N)=O. The van der Waals surface area contributed by atoms with E-state index in [4.69, 9.17) is 11.1 Å². The van der Waals surface area contributed by atoms with Crippen molar-refractivity contribution in [2.75, 3.05) is 30.4 Å². The molecular weight excluding hydrogens is 254 g/mol. The van der Waals surface area contributed by atoms with Gasteiger partial charge in [-0.25, -0.2) is 4.98 Å². The van der Waals surface area contributed by atoms with Crippen molar-refractivity contribution in [3.8, 4) is 0 Å². The van der Waals surface area contributed by atoms with Crippen molar-refractivity contribution >= 4 is 23.3 Å². The number of aromatic nitrogens is 1. The lowest BCUT2D eigenvalue weighted by Gasteiger charge is -2.22. The quantitative estimate of drug-likeness (QED) is 0.723. The molecule has 0 aliphatic carbocycles. The third kappa shape index (κ3) is 3.07. The zero-order valence-corrected chi connectivity index (χ0v) is 11.8. The van der Waals surface area contributed by atoms with Gasteiger partial charge in [0.25, 0.3) is 5.91 Å². The molecule has 4 N–H and O–H groups in total. The molecule has 1 amide bonds. The molecular formula is C14H21N5O. The van der Waals surface area contributed by atoms with Crippen molar-refractivity contribution in [2.45, 2.75) is 25.7 Å². The molecule has 6 nitrogen and oxygen atoms in total. The number of pyridine rings is 1. The first-order valence-electron chi connectivity index (χ1n) is 6.96. The van der Waals surface area contributed by atoms with Gasteiger partial charge in [0.1, 0.15) is 17.3 Å². The van der Waals surface area contributed by atoms with E-state index in [-0.39, 0.29) is 5.71 Å². The van der Waals surface area contributed by atoms with Gasteiger partial charge in [0.15, 0.2) is 0 Å². The summed E-state index contributed by atoms with van der Waals surface area (Å²) < 4.78 is 0. The zero-order valence-electron chi connectivity index (χ0n) is 11.8. The number of carbonyl (C=O) groups excluding carboxylic acids is 1. The number of nitrogens with one attached hydrogen (secondary N) is 2. The molecule has 1 aliphatic rings. The van der Waals surface area contributed by atoms with Gasteiger partial charge >= 0.3 is 0 Å². The normalized spacial score (nSPS) is 15.6. The van der Waals surface area contributed by atoms with E-state index in [0.29, 0.717) is 11.4 Å². The topological polar surface area (TPSA) is 95.1 Å². The smallest absolute Gasteiger partial charge is 0.267 e. The summed E-state index contributed by atoms with van der Waals surface area (Å²) >= 11 is 0. The fraction of sp³-hybridized carbons (Fsp3) is 0.500. The molecule has 6 heteroatoms. The van der Waals surface area contributed by atoms with E-state index in [1.54, 1.807) is 13.1 Å². The maximum Gasteiger partial charge on any atom is 0.267 e. The van der Waals surface area contributed by atoms with Crippen LogP contribution in [0.25, 0.3) is 0 Å². The van der Waals surface area contributed by atoms with Gasteiger partial charge in [-0.15, -0.1) is 0 Å². The van der Waals surface area contributed by atoms with Gasteiger partial charge < -0.3 is 16.0 Å². The fourth-order valence-electron chi connectivity index (χ4n) is 2.45. The lowest BCUT2D eigenvalue weighted by Crippen LogP contribution is -2.27. The van der Waals surface area contributed by atoms with E-state index < -0.39 is 5.91 Å². The number of nitrogens with zero attached hydrogens (tertiary/aromatic N) is 2. The molecule has 0 aromatic carbocycles. The average molecular weight is 275 g/mol. The lowest BCUT2D eigenvalue weighted by molar-refractivity contribution is -0.112. The second kappa shape index (κ2) is 6.36. The van der Waals surface area contributed by atoms with Crippen LogP contribution in [0.1, 0.15) is 31.2 Å². The Morgan fingerprint density at radius 3 is 2.50 bits per heavy atom. The molecule has 0 saturated carbocycles. The minimum Gasteiger partial charge on any atom is -0.373 e. The number of amides is 1. The van der Waals surface area contributed by atoms with Crippen molar-refractivity contribution in [2.24, 2.45) is 5.73 Å². The van der Waals surface area contributed by atoms with Crippen LogP contribution in [0.2, 0.25) is 0 Å². The van der Waals surface area contributed by atoms with E-state index in [9.17, 15) is 4.79 Å². The first kappa shape index (κ1) is 14.3. The standard InChI is InChI=1S/C14H21N5O/c1-17-14-10(12(15)13(16)20)6-7-11(18-14)19-8-4-2-3-5-9-19/h6-7,15H,2-5,8-9H2,1H3,(H2,16,20)(H,17,18). The summed E-state index contributed by atoms with van der Waals surface area (Å²) in [6, 6.07) is 3.60. The minimum absolute atomic E-state index is 0.218. The van der Waals surface area contributed by atoms with E-state index >= 15 is 0 Å². The largest absolute Gasteiger partial charge is 0.373 e. The van der Waals surface area contributed by atoms with Crippen LogP contribution in [0.15, 0.2) is 12.1 Å².